The van der Waals surface area contributed by atoms with E-state index in [4.69, 9.17) is 19.7 Å². The first-order valence-corrected chi connectivity index (χ1v) is 39.3. The van der Waals surface area contributed by atoms with E-state index in [2.05, 4.69) is 137 Å². The molecule has 0 aliphatic carbocycles. The van der Waals surface area contributed by atoms with Crippen LogP contribution in [-0.4, -0.2) is 444 Å². The van der Waals surface area contributed by atoms with Crippen molar-refractivity contribution in [1.29, 1.82) is 0 Å². The Morgan fingerprint density at radius 1 is 0.447 bits per heavy atom. The lowest BCUT2D eigenvalue weighted by Gasteiger charge is -2.33. The summed E-state index contributed by atoms with van der Waals surface area (Å²) in [5.41, 5.74) is -5.18. The Hall–Kier alpha value is -1.16. The highest BCUT2D eigenvalue weighted by molar-refractivity contribution is 7.90. The highest BCUT2D eigenvalue weighted by Gasteiger charge is 2.50. The van der Waals surface area contributed by atoms with E-state index >= 15 is 0 Å². The van der Waals surface area contributed by atoms with Gasteiger partial charge in [0.2, 0.25) is 20.0 Å². The number of nitrogens with zero attached hydrogens (tertiary/aromatic N) is 14. The molecule has 0 saturated carbocycles. The number of hydrogen-bond donors (Lipinski definition) is 4. The summed E-state index contributed by atoms with van der Waals surface area (Å²) in [4.78, 5) is 24.5. The molecule has 10 rings (SSSR count). The molecule has 4 N–H and O–H groups in total. The molecule has 0 bridgehead atoms. The normalized spacial score (nSPS) is 28.3. The van der Waals surface area contributed by atoms with Gasteiger partial charge in [-0.25, -0.2) is 25.3 Å². The maximum atomic E-state index is 12.1. The first-order valence-electron chi connectivity index (χ1n) is 34.4. The average Bonchev–Trinajstić information content (AvgIpc) is 0.805. The Bertz CT molecular complexity index is 2120. The fourth-order valence-corrected chi connectivity index (χ4v) is 14.3. The van der Waals surface area contributed by atoms with Crippen LogP contribution in [0.1, 0.15) is 60.3 Å². The van der Waals surface area contributed by atoms with E-state index in [0.29, 0.717) is 80.4 Å². The molecule has 10 saturated heterocycles. The van der Waals surface area contributed by atoms with Crippen LogP contribution >= 0.6 is 0 Å². The number of ether oxygens (including phenoxy) is 2. The Kier molecular flexibility index (Phi) is 47.0. The van der Waals surface area contributed by atoms with Crippen molar-refractivity contribution in [3.8, 4) is 0 Å². The predicted octanol–water partition coefficient (Wildman–Crippen LogP) is -0.389. The number of nitrogens with one attached hydrogen (secondary N) is 2. The van der Waals surface area contributed by atoms with Crippen molar-refractivity contribution in [1.82, 2.24) is 77.4 Å². The van der Waals surface area contributed by atoms with Gasteiger partial charge in [0.25, 0.3) is 0 Å². The zero-order chi connectivity index (χ0) is 71.2. The maximum Gasteiger partial charge on any atom is 0.511 e. The number of likely N-dealkylation sites (tertiary alicyclic amines) is 2. The molecule has 94 heavy (non-hydrogen) atoms. The standard InChI is InChI=1S/C7H16N2O2S.C7H16N2.2C7H15NO.C6H11F3N2O2S.C6H14N2O2S.C6H14N2.C6H13NO.C5H12N2.C5H11NO/c1-3-12(10,11)9-6-4-8(2)5-7-9;1-6-4-9(3)5-7(2)8-6;1-6-4-8(3)5-7(2)9-6;1-8-4-2-3-7(5-8)6-9;1-10-2-4-11(5-3-10)14(12,13)6(7,8)9;1-7-3-5-8(6-4-7)11(2,9)10;1-7-3-5-8(2)6-4-7;1-7-4-2-3-6(8)5-7;1-7-4-2-6-3-5-7;1-6-2-4-7-5-3-6/h3-7H2,1-2H3;6-8H,4-5H2,1-3H3;6-7H,4-5H2,1-3H3;7,9H,2-6H2,1H3;2-5H2,1H3;3-6H2,1-2H3;3-6H2,1-2H3;6,8H,2-5H2,1H3;6H,2-5H2,1H3;2-5H2,1H3/t;2*6-,7+;;;;;;;. The maximum absolute atomic E-state index is 12.1. The minimum Gasteiger partial charge on any atom is -0.396 e. The van der Waals surface area contributed by atoms with E-state index in [1.807, 2.05) is 21.1 Å². The van der Waals surface area contributed by atoms with Crippen molar-refractivity contribution in [2.75, 3.05) is 306 Å². The summed E-state index contributed by atoms with van der Waals surface area (Å²) in [5, 5.41) is 24.6. The fraction of sp³-hybridized carbons (Fsp3) is 1.00. The topological polar surface area (TPSA) is 231 Å². The number of aliphatic hydroxyl groups is 2. The third kappa shape index (κ3) is 42.8. The van der Waals surface area contributed by atoms with Crippen LogP contribution in [0.15, 0.2) is 0 Å². The molecule has 6 atom stereocenters. The number of likely N-dealkylation sites (N-methyl/N-ethyl adjacent to an activating group) is 10. The predicted molar refractivity (Wildman–Crippen MR) is 377 cm³/mol. The number of piperidine rings is 2. The van der Waals surface area contributed by atoms with Crippen LogP contribution in [0.5, 0.6) is 0 Å². The third-order valence-electron chi connectivity index (χ3n) is 17.5. The minimum atomic E-state index is -5.18. The molecule has 26 nitrogen and oxygen atoms in total. The van der Waals surface area contributed by atoms with Crippen LogP contribution in [0, 0.1) is 5.92 Å². The number of aliphatic hydroxyl groups excluding tert-OH is 2. The number of halogens is 3. The Labute approximate surface area is 570 Å². The molecule has 2 unspecified atom stereocenters. The number of piperazine rings is 6. The third-order valence-corrected chi connectivity index (χ3v) is 22.3. The van der Waals surface area contributed by atoms with Gasteiger partial charge in [-0.05, 0) is 157 Å². The van der Waals surface area contributed by atoms with Gasteiger partial charge in [0.15, 0.2) is 0 Å². The number of β-amino-alcohol motifs (C(OH)–C–C–N with tert-alkyl or cyclic N) is 1. The lowest BCUT2D eigenvalue weighted by Crippen LogP contribution is -2.52. The van der Waals surface area contributed by atoms with E-state index in [-0.39, 0.29) is 24.9 Å². The molecular formula is C62H137F3N16O10S3. The number of alkyl halides is 3. The van der Waals surface area contributed by atoms with E-state index in [0.717, 1.165) is 111 Å². The zero-order valence-corrected chi connectivity index (χ0v) is 64.1. The molecule has 0 aromatic heterocycles. The molecule has 10 heterocycles. The van der Waals surface area contributed by atoms with Crippen molar-refractivity contribution in [2.24, 2.45) is 5.92 Å². The molecule has 0 amide bonds. The number of hydrogen-bond acceptors (Lipinski definition) is 23. The van der Waals surface area contributed by atoms with Gasteiger partial charge in [-0.2, -0.15) is 26.1 Å². The Morgan fingerprint density at radius 2 is 0.809 bits per heavy atom. The highest BCUT2D eigenvalue weighted by Crippen LogP contribution is 2.27. The highest BCUT2D eigenvalue weighted by atomic mass is 32.2. The van der Waals surface area contributed by atoms with Gasteiger partial charge >= 0.3 is 15.5 Å². The van der Waals surface area contributed by atoms with Gasteiger partial charge in [-0.15, -0.1) is 0 Å². The molecule has 10 aliphatic heterocycles. The summed E-state index contributed by atoms with van der Waals surface area (Å²) in [6.07, 6.45) is 6.63. The second kappa shape index (κ2) is 48.6. The summed E-state index contributed by atoms with van der Waals surface area (Å²) in [6.45, 7) is 39.6. The van der Waals surface area contributed by atoms with Crippen LogP contribution in [0.2, 0.25) is 0 Å². The summed E-state index contributed by atoms with van der Waals surface area (Å²) in [7, 11) is 11.8. The quantitative estimate of drug-likeness (QED) is 0.275. The van der Waals surface area contributed by atoms with Crippen molar-refractivity contribution in [3.05, 3.63) is 0 Å². The Balaban J connectivity index is 0.000000526. The molecule has 0 aromatic rings. The van der Waals surface area contributed by atoms with Crippen molar-refractivity contribution < 1.29 is 58.1 Å². The van der Waals surface area contributed by atoms with Crippen molar-refractivity contribution in [3.63, 3.8) is 0 Å². The van der Waals surface area contributed by atoms with Crippen LogP contribution < -0.4 is 10.6 Å². The zero-order valence-electron chi connectivity index (χ0n) is 61.6. The summed E-state index contributed by atoms with van der Waals surface area (Å²) < 4.78 is 117. The van der Waals surface area contributed by atoms with Crippen molar-refractivity contribution >= 4 is 30.1 Å². The lowest BCUT2D eigenvalue weighted by atomic mass is 10.00. The van der Waals surface area contributed by atoms with E-state index in [1.165, 1.54) is 82.3 Å². The van der Waals surface area contributed by atoms with Gasteiger partial charge in [0.05, 0.1) is 43.5 Å². The fourth-order valence-electron chi connectivity index (χ4n) is 11.5. The van der Waals surface area contributed by atoms with Gasteiger partial charge in [-0.1, -0.05) is 0 Å². The van der Waals surface area contributed by atoms with Crippen molar-refractivity contribution in [2.45, 2.75) is 96.2 Å². The number of morpholine rings is 2. The van der Waals surface area contributed by atoms with Gasteiger partial charge in [0, 0.05) is 202 Å². The number of sulfonamides is 3. The Morgan fingerprint density at radius 3 is 1.10 bits per heavy atom. The molecule has 0 spiro atoms. The molecule has 10 fully saturated rings. The van der Waals surface area contributed by atoms with Gasteiger partial charge in [0.1, 0.15) is 0 Å². The van der Waals surface area contributed by atoms with E-state index in [1.54, 1.807) is 23.2 Å². The van der Waals surface area contributed by atoms with Crippen LogP contribution in [0.4, 0.5) is 13.2 Å². The lowest BCUT2D eigenvalue weighted by molar-refractivity contribution is -0.0602. The summed E-state index contributed by atoms with van der Waals surface area (Å²) in [5.74, 6) is 0.764. The van der Waals surface area contributed by atoms with E-state index in [9.17, 15) is 38.4 Å². The molecule has 0 aromatic carbocycles. The smallest absolute Gasteiger partial charge is 0.396 e. The SMILES string of the molecule is CCS(=O)(=O)N1CCN(C)CC1.CN1CCCC(CO)C1.CN1CCCC(O)C1.CN1CCN(C)CC1.CN1CCN(S(=O)(=O)C(F)(F)F)CC1.CN1CCN(S(C)(=O)=O)CC1.CN1CCNCC1.CN1CCOCC1.C[C@@H]1CN(C)C[C@H](C)N1.C[C@@H]1CN(C)C[C@H](C)O1. The molecule has 564 valence electrons. The molecule has 10 aliphatic rings. The molecule has 32 heteroatoms. The van der Waals surface area contributed by atoms with Gasteiger partial charge in [-0.3, -0.25) is 0 Å². The molecule has 0 radical (unpaired) electrons. The minimum absolute atomic E-state index is 0.0613. The van der Waals surface area contributed by atoms with E-state index < -0.39 is 35.6 Å². The molecular weight excluding hydrogens is 1280 g/mol. The largest absolute Gasteiger partial charge is 0.511 e. The van der Waals surface area contributed by atoms with Crippen LogP contribution in [0.3, 0.4) is 0 Å². The average molecular weight is 1420 g/mol. The monoisotopic (exact) mass is 1420 g/mol. The van der Waals surface area contributed by atoms with Gasteiger partial charge < -0.3 is 84.2 Å². The number of rotatable bonds is 5. The first kappa shape index (κ1) is 90.9. The van der Waals surface area contributed by atoms with Crippen LogP contribution in [-0.2, 0) is 39.5 Å². The second-order valence-electron chi connectivity index (χ2n) is 27.5. The first-order chi connectivity index (χ1) is 43.9. The second-order valence-corrected chi connectivity index (χ2v) is 33.6. The summed E-state index contributed by atoms with van der Waals surface area (Å²) >= 11 is 0. The van der Waals surface area contributed by atoms with Crippen LogP contribution in [0.25, 0.3) is 0 Å². The summed E-state index contributed by atoms with van der Waals surface area (Å²) in [6, 6.07) is 1.33.